The molecule has 12 heteroatoms. The zero-order valence-corrected chi connectivity index (χ0v) is 19.6. The fourth-order valence-electron chi connectivity index (χ4n) is 3.94. The van der Waals surface area contributed by atoms with Crippen molar-refractivity contribution < 1.29 is 53.6 Å². The van der Waals surface area contributed by atoms with Crippen molar-refractivity contribution in [2.75, 3.05) is 27.9 Å². The molecule has 1 saturated heterocycles. The summed E-state index contributed by atoms with van der Waals surface area (Å²) in [5, 5.41) is 50.3. The summed E-state index contributed by atoms with van der Waals surface area (Å²) in [5.41, 5.74) is -0.489. The fraction of sp³-hybridized carbons (Fsp3) is 0.375. The number of hydrogen-bond donors (Lipinski definition) is 5. The number of ether oxygens (including phenoxy) is 5. The van der Waals surface area contributed by atoms with Gasteiger partial charge in [0.25, 0.3) is 0 Å². The molecule has 2 heterocycles. The van der Waals surface area contributed by atoms with E-state index >= 15 is 0 Å². The van der Waals surface area contributed by atoms with Crippen molar-refractivity contribution in [3.8, 4) is 40.1 Å². The first kappa shape index (κ1) is 25.5. The summed E-state index contributed by atoms with van der Waals surface area (Å²) in [4.78, 5) is 13.2. The lowest BCUT2D eigenvalue weighted by Gasteiger charge is -2.39. The lowest BCUT2D eigenvalue weighted by atomic mass is 9.99. The zero-order chi connectivity index (χ0) is 26.1. The zero-order valence-electron chi connectivity index (χ0n) is 19.6. The summed E-state index contributed by atoms with van der Waals surface area (Å²) >= 11 is 0. The minimum absolute atomic E-state index is 0.00209. The third kappa shape index (κ3) is 4.40. The highest BCUT2D eigenvalue weighted by atomic mass is 16.7. The van der Waals surface area contributed by atoms with Gasteiger partial charge in [-0.15, -0.1) is 0 Å². The number of aliphatic hydroxyl groups is 4. The summed E-state index contributed by atoms with van der Waals surface area (Å²) < 4.78 is 33.0. The molecule has 1 aliphatic heterocycles. The molecule has 1 aromatic heterocycles. The topological polar surface area (TPSA) is 178 Å². The van der Waals surface area contributed by atoms with Crippen molar-refractivity contribution in [1.82, 2.24) is 0 Å². The van der Waals surface area contributed by atoms with Crippen LogP contribution in [0.1, 0.15) is 0 Å². The Morgan fingerprint density at radius 2 is 1.64 bits per heavy atom. The van der Waals surface area contributed by atoms with Gasteiger partial charge >= 0.3 is 0 Å². The van der Waals surface area contributed by atoms with Gasteiger partial charge < -0.3 is 53.6 Å². The van der Waals surface area contributed by atoms with Crippen LogP contribution >= 0.6 is 0 Å². The first-order valence-corrected chi connectivity index (χ1v) is 10.8. The van der Waals surface area contributed by atoms with Crippen LogP contribution in [0.25, 0.3) is 22.3 Å². The van der Waals surface area contributed by atoms with E-state index in [1.54, 1.807) is 6.07 Å². The number of phenolic OH excluding ortho intramolecular Hbond substituents is 1. The van der Waals surface area contributed by atoms with Crippen LogP contribution in [0.5, 0.6) is 28.7 Å². The Balaban J connectivity index is 1.88. The monoisotopic (exact) mass is 506 g/mol. The summed E-state index contributed by atoms with van der Waals surface area (Å²) in [6, 6.07) is 7.16. The second-order valence-electron chi connectivity index (χ2n) is 7.99. The standard InChI is InChI=1S/C24H26O12/c1-31-10-4-5-12(14(7-10)35-24-21(30)20(29)18(27)16(9-25)36-24)22-23(33-3)19(28)17-13(26)6-11(32-2)8-15(17)34-22/h4-8,16,18,20-21,24-27,29-30H,9H2,1-3H3/t16-,18-,20+,21-,24-/m1/s1. The second-order valence-corrected chi connectivity index (χ2v) is 7.99. The van der Waals surface area contributed by atoms with E-state index in [0.29, 0.717) is 5.75 Å². The van der Waals surface area contributed by atoms with E-state index in [0.717, 1.165) is 0 Å². The third-order valence-electron chi connectivity index (χ3n) is 5.87. The Hall–Kier alpha value is -3.55. The second kappa shape index (κ2) is 10.2. The SMILES string of the molecule is COc1ccc(-c2oc3cc(OC)cc(O)c3c(=O)c2OC)c(O[C@@H]2O[C@H](CO)[C@@H](O)[C@H](O)[C@H]2O)c1. The highest BCUT2D eigenvalue weighted by molar-refractivity contribution is 5.89. The van der Waals surface area contributed by atoms with Crippen LogP contribution < -0.4 is 24.4 Å². The molecular weight excluding hydrogens is 480 g/mol. The van der Waals surface area contributed by atoms with Gasteiger partial charge in [-0.25, -0.2) is 0 Å². The average molecular weight is 506 g/mol. The van der Waals surface area contributed by atoms with E-state index in [1.807, 2.05) is 0 Å². The molecule has 2 aromatic carbocycles. The molecule has 1 aliphatic rings. The van der Waals surface area contributed by atoms with Crippen LogP contribution in [-0.4, -0.2) is 84.2 Å². The fourth-order valence-corrected chi connectivity index (χ4v) is 3.94. The van der Waals surface area contributed by atoms with Crippen molar-refractivity contribution in [3.63, 3.8) is 0 Å². The van der Waals surface area contributed by atoms with Crippen molar-refractivity contribution in [2.45, 2.75) is 30.7 Å². The molecule has 12 nitrogen and oxygen atoms in total. The predicted molar refractivity (Wildman–Crippen MR) is 124 cm³/mol. The number of rotatable bonds is 7. The molecule has 0 radical (unpaired) electrons. The molecule has 194 valence electrons. The number of benzene rings is 2. The molecule has 0 spiro atoms. The number of phenols is 1. The first-order valence-electron chi connectivity index (χ1n) is 10.8. The van der Waals surface area contributed by atoms with Gasteiger partial charge in [0.05, 0.1) is 33.5 Å². The number of aliphatic hydroxyl groups excluding tert-OH is 4. The Bertz CT molecular complexity index is 1300. The molecule has 5 N–H and O–H groups in total. The Labute approximate surface area is 204 Å². The largest absolute Gasteiger partial charge is 0.507 e. The van der Waals surface area contributed by atoms with E-state index in [-0.39, 0.29) is 45.3 Å². The lowest BCUT2D eigenvalue weighted by molar-refractivity contribution is -0.277. The van der Waals surface area contributed by atoms with E-state index in [2.05, 4.69) is 0 Å². The molecule has 36 heavy (non-hydrogen) atoms. The summed E-state index contributed by atoms with van der Waals surface area (Å²) in [6.07, 6.45) is -7.65. The van der Waals surface area contributed by atoms with Crippen molar-refractivity contribution in [1.29, 1.82) is 0 Å². The molecule has 0 amide bonds. The molecule has 0 saturated carbocycles. The van der Waals surface area contributed by atoms with E-state index in [4.69, 9.17) is 28.1 Å². The predicted octanol–water partition coefficient (Wildman–Crippen LogP) is 0.370. The molecular formula is C24H26O12. The van der Waals surface area contributed by atoms with Gasteiger partial charge in [-0.2, -0.15) is 0 Å². The van der Waals surface area contributed by atoms with E-state index < -0.39 is 42.7 Å². The maximum atomic E-state index is 13.2. The van der Waals surface area contributed by atoms with Crippen LogP contribution in [0.15, 0.2) is 39.5 Å². The molecule has 0 unspecified atom stereocenters. The average Bonchev–Trinajstić information content (AvgIpc) is 2.88. The minimum atomic E-state index is -1.69. The number of aromatic hydroxyl groups is 1. The van der Waals surface area contributed by atoms with Gasteiger partial charge in [-0.1, -0.05) is 0 Å². The molecule has 5 atom stereocenters. The summed E-state index contributed by atoms with van der Waals surface area (Å²) in [6.45, 7) is -0.644. The maximum absolute atomic E-state index is 13.2. The van der Waals surface area contributed by atoms with Gasteiger partial charge in [0.2, 0.25) is 17.5 Å². The molecule has 3 aromatic rings. The van der Waals surface area contributed by atoms with Crippen LogP contribution in [0.3, 0.4) is 0 Å². The Kier molecular flexibility index (Phi) is 7.24. The molecule has 0 aliphatic carbocycles. The maximum Gasteiger partial charge on any atom is 0.239 e. The van der Waals surface area contributed by atoms with Crippen LogP contribution in [0, 0.1) is 0 Å². The first-order chi connectivity index (χ1) is 17.2. The minimum Gasteiger partial charge on any atom is -0.507 e. The van der Waals surface area contributed by atoms with Gasteiger partial charge in [0, 0.05) is 18.2 Å². The van der Waals surface area contributed by atoms with Gasteiger partial charge in [0.15, 0.2) is 5.76 Å². The molecule has 1 fully saturated rings. The molecule has 0 bridgehead atoms. The van der Waals surface area contributed by atoms with Crippen LogP contribution in [0.2, 0.25) is 0 Å². The Morgan fingerprint density at radius 1 is 0.917 bits per heavy atom. The van der Waals surface area contributed by atoms with E-state index in [9.17, 15) is 30.3 Å². The van der Waals surface area contributed by atoms with E-state index in [1.165, 1.54) is 45.6 Å². The normalized spacial score (nSPS) is 23.9. The molecule has 4 rings (SSSR count). The van der Waals surface area contributed by atoms with Gasteiger partial charge in [-0.3, -0.25) is 4.79 Å². The van der Waals surface area contributed by atoms with Crippen LogP contribution in [0.4, 0.5) is 0 Å². The van der Waals surface area contributed by atoms with Crippen LogP contribution in [-0.2, 0) is 4.74 Å². The number of fused-ring (bicyclic) bond motifs is 1. The lowest BCUT2D eigenvalue weighted by Crippen LogP contribution is -2.60. The van der Waals surface area contributed by atoms with Crippen molar-refractivity contribution in [2.24, 2.45) is 0 Å². The number of hydrogen-bond acceptors (Lipinski definition) is 12. The highest BCUT2D eigenvalue weighted by Crippen LogP contribution is 2.41. The smallest absolute Gasteiger partial charge is 0.239 e. The number of methoxy groups -OCH3 is 3. The van der Waals surface area contributed by atoms with Crippen molar-refractivity contribution >= 4 is 11.0 Å². The van der Waals surface area contributed by atoms with Gasteiger partial charge in [-0.05, 0) is 12.1 Å². The van der Waals surface area contributed by atoms with Crippen molar-refractivity contribution in [3.05, 3.63) is 40.6 Å². The Morgan fingerprint density at radius 3 is 2.28 bits per heavy atom. The summed E-state index contributed by atoms with van der Waals surface area (Å²) in [7, 11) is 4.06. The van der Waals surface area contributed by atoms with Gasteiger partial charge in [0.1, 0.15) is 58.4 Å². The highest BCUT2D eigenvalue weighted by Gasteiger charge is 2.45. The summed E-state index contributed by atoms with van der Waals surface area (Å²) in [5.74, 6) is -0.120. The third-order valence-corrected chi connectivity index (χ3v) is 5.87. The quantitative estimate of drug-likeness (QED) is 0.298.